The van der Waals surface area contributed by atoms with Crippen molar-refractivity contribution in [2.45, 2.75) is 299 Å². The molecule has 85 heavy (non-hydrogen) atoms. The Morgan fingerprint density at radius 2 is 0.941 bits per heavy atom. The first kappa shape index (κ1) is 78.6. The van der Waals surface area contributed by atoms with Crippen molar-refractivity contribution in [2.24, 2.45) is 0 Å². The van der Waals surface area contributed by atoms with Crippen molar-refractivity contribution in [2.75, 3.05) is 52.9 Å². The summed E-state index contributed by atoms with van der Waals surface area (Å²) in [5.41, 5.74) is 0. The van der Waals surface area contributed by atoms with Gasteiger partial charge in [-0.05, 0) is 12.8 Å². The molecule has 12 N–H and O–H groups in total. The Bertz CT molecular complexity index is 1840. The fraction of sp³-hybridized carbons (Fsp3) is 0.932. The van der Waals surface area contributed by atoms with Gasteiger partial charge in [0.1, 0.15) is 42.7 Å². The predicted molar refractivity (Wildman–Crippen MR) is 313 cm³/mol. The number of phosphoric acid groups is 1. The number of amides is 2. The highest BCUT2D eigenvalue weighted by atomic mass is 31.2. The Balaban J connectivity index is 2.09. The summed E-state index contributed by atoms with van der Waals surface area (Å²) >= 11 is 0. The van der Waals surface area contributed by atoms with Crippen LogP contribution in [0.3, 0.4) is 0 Å². The van der Waals surface area contributed by atoms with Crippen molar-refractivity contribution < 1.29 is 112 Å². The third kappa shape index (κ3) is 31.2. The third-order valence-corrected chi connectivity index (χ3v) is 16.6. The topological polar surface area (TPSA) is 386 Å². The van der Waals surface area contributed by atoms with Crippen molar-refractivity contribution in [3.8, 4) is 0 Å². The predicted octanol–water partition coefficient (Wildman–Crippen LogP) is 5.82. The van der Waals surface area contributed by atoms with Gasteiger partial charge >= 0.3 is 19.8 Å². The molecular formula is C59H111N2O23P. The quantitative estimate of drug-likeness (QED) is 0.0252. The minimum atomic E-state index is -4.89. The molecule has 2 aliphatic rings. The average molecular weight is 1250 g/mol. The van der Waals surface area contributed by atoms with Crippen LogP contribution in [0.5, 0.6) is 0 Å². The van der Waals surface area contributed by atoms with Crippen molar-refractivity contribution in [3.63, 3.8) is 0 Å². The molecule has 2 rings (SSSR count). The standard InChI is InChI=1S/C59H111N2O23P/c1-5-7-9-11-13-15-17-19-21-23-25-27-29-31-33-77-41-45(78-34-32-30-28-26-24-22-20-18-16-14-12-10-8-6-2)42-81-85(75,76)80-36-35-79-58(56(71)72)37-46(66)51(61-44(4)65)55(83-58)53(70)49(40-63)82-59(57(73)74)38-47(67)50(60-43(3)64)54(84-59)52(69)48(68)39-62/h45-55,62-63,66-70H,5-42H2,1-4H3,(H,60,64)(H,61,65)(H,71,72)(H,73,74)(H,75,76)/t45?,46-,47-,48+,49+,50+,51+,52+,53+,54+,55+,58+,59+/m0/s1. The van der Waals surface area contributed by atoms with E-state index < -0.39 is 156 Å². The lowest BCUT2D eigenvalue weighted by molar-refractivity contribution is -0.346. The molecule has 0 radical (unpaired) electrons. The zero-order valence-electron chi connectivity index (χ0n) is 51.4. The summed E-state index contributed by atoms with van der Waals surface area (Å²) in [6.07, 6.45) is 14.2. The van der Waals surface area contributed by atoms with Gasteiger partial charge in [-0.1, -0.05) is 181 Å². The molecule has 500 valence electrons. The van der Waals surface area contributed by atoms with E-state index in [-0.39, 0.29) is 6.61 Å². The molecule has 2 fully saturated rings. The highest BCUT2D eigenvalue weighted by molar-refractivity contribution is 7.47. The molecule has 14 atom stereocenters. The van der Waals surface area contributed by atoms with Crippen LogP contribution in [0.1, 0.15) is 220 Å². The van der Waals surface area contributed by atoms with Crippen LogP contribution in [-0.4, -0.2) is 206 Å². The van der Waals surface area contributed by atoms with Crippen molar-refractivity contribution >= 4 is 31.6 Å². The Morgan fingerprint density at radius 3 is 1.35 bits per heavy atom. The smallest absolute Gasteiger partial charge is 0.472 e. The fourth-order valence-electron chi connectivity index (χ4n) is 10.7. The molecule has 0 aliphatic carbocycles. The number of unbranched alkanes of at least 4 members (excludes halogenated alkanes) is 26. The molecule has 2 amide bonds. The summed E-state index contributed by atoms with van der Waals surface area (Å²) in [6.45, 7) is 2.98. The number of rotatable bonds is 53. The van der Waals surface area contributed by atoms with Crippen LogP contribution in [0.2, 0.25) is 0 Å². The number of carbonyl (C=O) groups excluding carboxylic acids is 2. The number of aliphatic hydroxyl groups is 7. The largest absolute Gasteiger partial charge is 0.477 e. The van der Waals surface area contributed by atoms with E-state index in [9.17, 15) is 74.6 Å². The fourth-order valence-corrected chi connectivity index (χ4v) is 11.5. The number of ether oxygens (including phenoxy) is 6. The van der Waals surface area contributed by atoms with Gasteiger partial charge in [0.05, 0.1) is 63.9 Å². The van der Waals surface area contributed by atoms with Gasteiger partial charge in [0.2, 0.25) is 11.8 Å². The first-order valence-corrected chi connectivity index (χ1v) is 33.2. The molecule has 2 unspecified atom stereocenters. The van der Waals surface area contributed by atoms with Gasteiger partial charge in [0.15, 0.2) is 0 Å². The average Bonchev–Trinajstić information content (AvgIpc) is 1.60. The van der Waals surface area contributed by atoms with Crippen LogP contribution in [0.25, 0.3) is 0 Å². The highest BCUT2D eigenvalue weighted by Gasteiger charge is 2.60. The number of hydrogen-bond acceptors (Lipinski definition) is 20. The SMILES string of the molecule is CCCCCCCCCCCCCCCCOCC(COP(=O)(O)OCCO[C@]1(C(=O)O)C[C@H](O)[C@@H](NC(C)=O)[C@H]([C@H](O)[C@@H](CO)O[C@]2(C(=O)O)C[C@H](O)[C@@H](NC(C)=O)[C@H]([C@H](O)[C@H](O)CO)O2)O1)OCCCCCCCCCCCCCCCC. The number of aliphatic hydroxyl groups excluding tert-OH is 7. The first-order valence-electron chi connectivity index (χ1n) is 31.7. The van der Waals surface area contributed by atoms with Gasteiger partial charge in [-0.2, -0.15) is 0 Å². The number of nitrogens with one attached hydrogen (secondary N) is 2. The zero-order chi connectivity index (χ0) is 63.1. The number of phosphoric ester groups is 1. The van der Waals surface area contributed by atoms with E-state index in [1.807, 2.05) is 0 Å². The highest BCUT2D eigenvalue weighted by Crippen LogP contribution is 2.44. The molecule has 2 heterocycles. The molecule has 0 aromatic heterocycles. The van der Waals surface area contributed by atoms with Crippen molar-refractivity contribution in [3.05, 3.63) is 0 Å². The second-order valence-corrected chi connectivity index (χ2v) is 24.5. The lowest BCUT2D eigenvalue weighted by atomic mass is 9.87. The van der Waals surface area contributed by atoms with Gasteiger partial charge in [-0.15, -0.1) is 0 Å². The first-order chi connectivity index (χ1) is 40.6. The second-order valence-electron chi connectivity index (χ2n) is 23.1. The summed E-state index contributed by atoms with van der Waals surface area (Å²) in [6, 6.07) is -3.33. The van der Waals surface area contributed by atoms with E-state index in [1.54, 1.807) is 0 Å². The summed E-state index contributed by atoms with van der Waals surface area (Å²) in [7, 11) is -4.89. The van der Waals surface area contributed by atoms with E-state index in [1.165, 1.54) is 135 Å². The summed E-state index contributed by atoms with van der Waals surface area (Å²) in [5, 5.41) is 101. The number of carbonyl (C=O) groups is 4. The summed E-state index contributed by atoms with van der Waals surface area (Å²) in [5.74, 6) is -11.6. The van der Waals surface area contributed by atoms with Crippen molar-refractivity contribution in [1.82, 2.24) is 10.6 Å². The van der Waals surface area contributed by atoms with E-state index in [0.717, 1.165) is 58.8 Å². The van der Waals surface area contributed by atoms with Crippen molar-refractivity contribution in [1.29, 1.82) is 0 Å². The molecule has 0 aromatic rings. The van der Waals surface area contributed by atoms with E-state index in [4.69, 9.17) is 37.5 Å². The van der Waals surface area contributed by atoms with Crippen LogP contribution < -0.4 is 10.6 Å². The second kappa shape index (κ2) is 44.8. The molecule has 2 saturated heterocycles. The molecule has 25 nitrogen and oxygen atoms in total. The lowest BCUT2D eigenvalue weighted by Crippen LogP contribution is -2.70. The van der Waals surface area contributed by atoms with E-state index in [2.05, 4.69) is 24.5 Å². The van der Waals surface area contributed by atoms with Crippen LogP contribution in [-0.2, 0) is 61.2 Å². The van der Waals surface area contributed by atoms with E-state index in [0.29, 0.717) is 13.2 Å². The Morgan fingerprint density at radius 1 is 0.541 bits per heavy atom. The zero-order valence-corrected chi connectivity index (χ0v) is 52.3. The summed E-state index contributed by atoms with van der Waals surface area (Å²) < 4.78 is 58.3. The van der Waals surface area contributed by atoms with Crippen LogP contribution in [0, 0.1) is 0 Å². The lowest BCUT2D eigenvalue weighted by Gasteiger charge is -2.49. The molecule has 0 bridgehead atoms. The number of carboxylic acids is 2. The molecule has 0 aromatic carbocycles. The molecule has 2 aliphatic heterocycles. The van der Waals surface area contributed by atoms with Gasteiger partial charge in [-0.25, -0.2) is 14.2 Å². The van der Waals surface area contributed by atoms with E-state index >= 15 is 0 Å². The normalized spacial score (nSPS) is 25.1. The minimum Gasteiger partial charge on any atom is -0.477 e. The van der Waals surface area contributed by atoms with Crippen LogP contribution in [0.4, 0.5) is 0 Å². The van der Waals surface area contributed by atoms with Gasteiger partial charge in [-0.3, -0.25) is 18.6 Å². The van der Waals surface area contributed by atoms with Gasteiger partial charge < -0.3 is 89.9 Å². The van der Waals surface area contributed by atoms with Gasteiger partial charge in [0, 0.05) is 39.9 Å². The number of aliphatic carboxylic acids is 2. The molecule has 0 saturated carbocycles. The van der Waals surface area contributed by atoms with Gasteiger partial charge in [0.25, 0.3) is 11.6 Å². The Hall–Kier alpha value is -2.53. The monoisotopic (exact) mass is 1250 g/mol. The van der Waals surface area contributed by atoms with Crippen LogP contribution >= 0.6 is 7.82 Å². The number of carboxylic acid groups (broad SMARTS) is 2. The summed E-state index contributed by atoms with van der Waals surface area (Å²) in [4.78, 5) is 61.1. The maximum atomic E-state index is 13.2. The molecular weight excluding hydrogens is 1140 g/mol. The molecule has 0 spiro atoms. The number of hydrogen-bond donors (Lipinski definition) is 12. The Labute approximate surface area is 504 Å². The Kier molecular flexibility index (Phi) is 41.4. The minimum absolute atomic E-state index is 0.0827. The maximum Gasteiger partial charge on any atom is 0.472 e. The molecule has 26 heteroatoms. The van der Waals surface area contributed by atoms with Crippen LogP contribution in [0.15, 0.2) is 0 Å². The third-order valence-electron chi connectivity index (χ3n) is 15.6. The maximum absolute atomic E-state index is 13.2.